The molecule has 0 heterocycles. The van der Waals surface area contributed by atoms with Gasteiger partial charge in [-0.25, -0.2) is 0 Å². The lowest BCUT2D eigenvalue weighted by Gasteiger charge is -2.04. The first-order valence-corrected chi connectivity index (χ1v) is 6.07. The molecule has 0 radical (unpaired) electrons. The smallest absolute Gasteiger partial charge is 0.316 e. The fourth-order valence-corrected chi connectivity index (χ4v) is 1.90. The van der Waals surface area contributed by atoms with Crippen LogP contribution in [0.25, 0.3) is 0 Å². The number of carboxylic acid groups (broad SMARTS) is 1. The van der Waals surface area contributed by atoms with Crippen LogP contribution in [0.2, 0.25) is 0 Å². The van der Waals surface area contributed by atoms with Gasteiger partial charge in [0.2, 0.25) is 0 Å². The Bertz CT molecular complexity index is 137. The molecule has 0 rings (SSSR count). The molecule has 0 aliphatic rings. The Hall–Kier alpha value is -0.180. The summed E-state index contributed by atoms with van der Waals surface area (Å²) in [6.45, 7) is 3.94. The molecule has 0 aromatic heterocycles. The van der Waals surface area contributed by atoms with E-state index >= 15 is 0 Å². The second-order valence-corrected chi connectivity index (χ2v) is 4.71. The number of unbranched alkanes of at least 4 members (excludes halogenated alkanes) is 4. The molecular formula is C10H20O2S. The zero-order valence-corrected chi connectivity index (χ0v) is 9.40. The van der Waals surface area contributed by atoms with E-state index in [2.05, 4.69) is 6.92 Å². The molecule has 0 aliphatic carbocycles. The van der Waals surface area contributed by atoms with E-state index in [-0.39, 0.29) is 5.25 Å². The van der Waals surface area contributed by atoms with Crippen molar-refractivity contribution in [3.8, 4) is 0 Å². The van der Waals surface area contributed by atoms with Crippen LogP contribution >= 0.6 is 11.8 Å². The lowest BCUT2D eigenvalue weighted by Crippen LogP contribution is -2.11. The van der Waals surface area contributed by atoms with Crippen LogP contribution in [0.4, 0.5) is 0 Å². The van der Waals surface area contributed by atoms with Crippen molar-refractivity contribution < 1.29 is 9.90 Å². The fourth-order valence-electron chi connectivity index (χ4n) is 1.04. The van der Waals surface area contributed by atoms with Crippen molar-refractivity contribution in [2.24, 2.45) is 0 Å². The summed E-state index contributed by atoms with van der Waals surface area (Å²) in [5.74, 6) is 0.288. The quantitative estimate of drug-likeness (QED) is 0.617. The molecule has 78 valence electrons. The van der Waals surface area contributed by atoms with Gasteiger partial charge in [0.15, 0.2) is 0 Å². The van der Waals surface area contributed by atoms with Crippen molar-refractivity contribution in [3.63, 3.8) is 0 Å². The van der Waals surface area contributed by atoms with E-state index in [0.717, 1.165) is 12.2 Å². The van der Waals surface area contributed by atoms with E-state index in [0.29, 0.717) is 0 Å². The minimum Gasteiger partial charge on any atom is -0.480 e. The maximum atomic E-state index is 10.4. The fraction of sp³-hybridized carbons (Fsp3) is 0.900. The third-order valence-corrected chi connectivity index (χ3v) is 3.19. The first-order chi connectivity index (χ1) is 6.18. The van der Waals surface area contributed by atoms with Crippen molar-refractivity contribution in [1.29, 1.82) is 0 Å². The van der Waals surface area contributed by atoms with Gasteiger partial charge in [-0.3, -0.25) is 4.79 Å². The van der Waals surface area contributed by atoms with Crippen LogP contribution in [0.1, 0.15) is 46.0 Å². The summed E-state index contributed by atoms with van der Waals surface area (Å²) in [6, 6.07) is 0. The first-order valence-electron chi connectivity index (χ1n) is 5.03. The maximum Gasteiger partial charge on any atom is 0.316 e. The molecule has 0 saturated carbocycles. The Morgan fingerprint density at radius 3 is 2.46 bits per heavy atom. The van der Waals surface area contributed by atoms with Gasteiger partial charge in [0, 0.05) is 0 Å². The van der Waals surface area contributed by atoms with Gasteiger partial charge in [0.1, 0.15) is 0 Å². The monoisotopic (exact) mass is 204 g/mol. The molecule has 0 aliphatic heterocycles. The molecule has 2 nitrogen and oxygen atoms in total. The van der Waals surface area contributed by atoms with E-state index in [4.69, 9.17) is 5.11 Å². The minimum absolute atomic E-state index is 0.244. The number of rotatable bonds is 8. The molecule has 0 aromatic carbocycles. The molecule has 1 N–H and O–H groups in total. The first kappa shape index (κ1) is 12.8. The average Bonchev–Trinajstić information content (AvgIpc) is 2.10. The lowest BCUT2D eigenvalue weighted by atomic mass is 10.2. The molecule has 13 heavy (non-hydrogen) atoms. The van der Waals surface area contributed by atoms with Gasteiger partial charge in [0.05, 0.1) is 5.25 Å². The highest BCUT2D eigenvalue weighted by molar-refractivity contribution is 8.00. The summed E-state index contributed by atoms with van der Waals surface area (Å²) in [5, 5.41) is 8.36. The molecule has 0 bridgehead atoms. The summed E-state index contributed by atoms with van der Waals surface area (Å²) in [7, 11) is 0. The highest BCUT2D eigenvalue weighted by Crippen LogP contribution is 2.14. The van der Waals surface area contributed by atoms with Crippen molar-refractivity contribution in [2.75, 3.05) is 5.75 Å². The average molecular weight is 204 g/mol. The van der Waals surface area contributed by atoms with E-state index < -0.39 is 5.97 Å². The predicted molar refractivity (Wildman–Crippen MR) is 58.3 cm³/mol. The number of carboxylic acids is 1. The SMILES string of the molecule is CCCCCCCSC(C)C(=O)O. The van der Waals surface area contributed by atoms with Gasteiger partial charge >= 0.3 is 5.97 Å². The zero-order valence-electron chi connectivity index (χ0n) is 8.58. The number of aliphatic carboxylic acids is 1. The van der Waals surface area contributed by atoms with Crippen LogP contribution in [0, 0.1) is 0 Å². The van der Waals surface area contributed by atoms with E-state index in [1.165, 1.54) is 25.7 Å². The van der Waals surface area contributed by atoms with E-state index in [1.54, 1.807) is 18.7 Å². The molecule has 1 atom stereocenters. The van der Waals surface area contributed by atoms with Gasteiger partial charge in [-0.1, -0.05) is 32.6 Å². The Morgan fingerprint density at radius 1 is 1.31 bits per heavy atom. The Morgan fingerprint density at radius 2 is 1.92 bits per heavy atom. The van der Waals surface area contributed by atoms with Crippen molar-refractivity contribution in [3.05, 3.63) is 0 Å². The van der Waals surface area contributed by atoms with E-state index in [1.807, 2.05) is 0 Å². The number of hydrogen-bond donors (Lipinski definition) is 1. The molecule has 0 amide bonds. The molecule has 0 spiro atoms. The molecule has 0 aromatic rings. The standard InChI is InChI=1S/C10H20O2S/c1-3-4-5-6-7-8-13-9(2)10(11)12/h9H,3-8H2,1-2H3,(H,11,12). The normalized spacial score (nSPS) is 12.8. The van der Waals surface area contributed by atoms with Crippen molar-refractivity contribution >= 4 is 17.7 Å². The molecular weight excluding hydrogens is 184 g/mol. The van der Waals surface area contributed by atoms with Crippen LogP contribution < -0.4 is 0 Å². The zero-order chi connectivity index (χ0) is 10.1. The summed E-state index contributed by atoms with van der Waals surface area (Å²) in [6.07, 6.45) is 6.26. The molecule has 0 fully saturated rings. The second kappa shape index (κ2) is 8.42. The third-order valence-electron chi connectivity index (χ3n) is 1.96. The van der Waals surface area contributed by atoms with Crippen LogP contribution in [0.5, 0.6) is 0 Å². The Labute approximate surface area is 85.1 Å². The van der Waals surface area contributed by atoms with Gasteiger partial charge < -0.3 is 5.11 Å². The highest BCUT2D eigenvalue weighted by atomic mass is 32.2. The van der Waals surface area contributed by atoms with Crippen LogP contribution in [0.15, 0.2) is 0 Å². The molecule has 1 unspecified atom stereocenters. The van der Waals surface area contributed by atoms with Gasteiger partial charge in [0.25, 0.3) is 0 Å². The molecule has 0 saturated heterocycles. The number of carbonyl (C=O) groups is 1. The van der Waals surface area contributed by atoms with Crippen molar-refractivity contribution in [1.82, 2.24) is 0 Å². The third kappa shape index (κ3) is 8.16. The number of thioether (sulfide) groups is 1. The van der Waals surface area contributed by atoms with Crippen molar-refractivity contribution in [2.45, 2.75) is 51.2 Å². The largest absolute Gasteiger partial charge is 0.480 e. The molecule has 3 heteroatoms. The van der Waals surface area contributed by atoms with Crippen LogP contribution in [-0.4, -0.2) is 22.1 Å². The Balaban J connectivity index is 3.11. The lowest BCUT2D eigenvalue weighted by molar-refractivity contribution is -0.136. The maximum absolute atomic E-state index is 10.4. The summed E-state index contributed by atoms with van der Waals surface area (Å²) >= 11 is 1.54. The predicted octanol–water partition coefficient (Wildman–Crippen LogP) is 3.16. The summed E-state index contributed by atoms with van der Waals surface area (Å²) < 4.78 is 0. The summed E-state index contributed by atoms with van der Waals surface area (Å²) in [5.41, 5.74) is 0. The second-order valence-electron chi connectivity index (χ2n) is 3.27. The van der Waals surface area contributed by atoms with Gasteiger partial charge in [-0.05, 0) is 19.1 Å². The van der Waals surface area contributed by atoms with Gasteiger partial charge in [-0.2, -0.15) is 0 Å². The topological polar surface area (TPSA) is 37.3 Å². The minimum atomic E-state index is -0.696. The number of hydrogen-bond acceptors (Lipinski definition) is 2. The Kier molecular flexibility index (Phi) is 8.30. The van der Waals surface area contributed by atoms with Gasteiger partial charge in [-0.15, -0.1) is 11.8 Å². The van der Waals surface area contributed by atoms with Crippen LogP contribution in [-0.2, 0) is 4.79 Å². The summed E-state index contributed by atoms with van der Waals surface area (Å²) in [4.78, 5) is 10.4. The van der Waals surface area contributed by atoms with E-state index in [9.17, 15) is 4.79 Å². The highest BCUT2D eigenvalue weighted by Gasteiger charge is 2.09. The van der Waals surface area contributed by atoms with Crippen LogP contribution in [0.3, 0.4) is 0 Å².